The van der Waals surface area contributed by atoms with E-state index in [2.05, 4.69) is 49.5 Å². The minimum atomic E-state index is -0.343. The lowest BCUT2D eigenvalue weighted by Crippen LogP contribution is -2.29. The van der Waals surface area contributed by atoms with Crippen molar-refractivity contribution in [2.24, 2.45) is 5.92 Å². The monoisotopic (exact) mass is 334 g/mol. The Kier molecular flexibility index (Phi) is 3.83. The van der Waals surface area contributed by atoms with Crippen molar-refractivity contribution in [1.82, 2.24) is 0 Å². The number of allylic oxidation sites excluding steroid dienone is 2. The van der Waals surface area contributed by atoms with Crippen LogP contribution in [0, 0.1) is 16.0 Å². The van der Waals surface area contributed by atoms with E-state index in [1.165, 1.54) is 16.8 Å². The van der Waals surface area contributed by atoms with Gasteiger partial charge in [-0.3, -0.25) is 10.1 Å². The van der Waals surface area contributed by atoms with E-state index in [1.54, 1.807) is 12.1 Å². The number of nitro benzene ring substituents is 1. The molecule has 3 atom stereocenters. The molecule has 0 amide bonds. The molecule has 0 spiro atoms. The van der Waals surface area contributed by atoms with E-state index in [4.69, 9.17) is 0 Å². The van der Waals surface area contributed by atoms with Gasteiger partial charge >= 0.3 is 0 Å². The van der Waals surface area contributed by atoms with Gasteiger partial charge in [0, 0.05) is 23.7 Å². The molecule has 1 N–H and O–H groups in total. The number of hydrogen-bond acceptors (Lipinski definition) is 3. The average molecular weight is 334 g/mol. The molecule has 128 valence electrons. The first kappa shape index (κ1) is 15.9. The van der Waals surface area contributed by atoms with Gasteiger partial charge in [-0.05, 0) is 34.9 Å². The van der Waals surface area contributed by atoms with Crippen LogP contribution in [0.5, 0.6) is 0 Å². The third-order valence-corrected chi connectivity index (χ3v) is 5.51. The topological polar surface area (TPSA) is 55.2 Å². The summed E-state index contributed by atoms with van der Waals surface area (Å²) in [7, 11) is 0. The fourth-order valence-corrected chi connectivity index (χ4v) is 4.26. The molecule has 4 heteroatoms. The summed E-state index contributed by atoms with van der Waals surface area (Å²) >= 11 is 0. The number of nitrogens with one attached hydrogen (secondary N) is 1. The quantitative estimate of drug-likeness (QED) is 0.455. The minimum Gasteiger partial charge on any atom is -0.377 e. The SMILES string of the molecule is CC(C)c1cccc2c1N[C@H](c1ccc([N+](=O)[O-])cc1)[C@H]1CC=C[C@@H]21. The molecule has 0 bridgehead atoms. The molecule has 0 unspecified atom stereocenters. The number of fused-ring (bicyclic) bond motifs is 3. The number of nitro groups is 1. The Morgan fingerprint density at radius 1 is 1.16 bits per heavy atom. The van der Waals surface area contributed by atoms with E-state index in [1.807, 2.05) is 12.1 Å². The summed E-state index contributed by atoms with van der Waals surface area (Å²) < 4.78 is 0. The van der Waals surface area contributed by atoms with Crippen LogP contribution < -0.4 is 5.32 Å². The lowest BCUT2D eigenvalue weighted by atomic mass is 9.75. The highest BCUT2D eigenvalue weighted by molar-refractivity contribution is 5.65. The molecule has 2 aromatic carbocycles. The van der Waals surface area contributed by atoms with Crippen LogP contribution in [0.3, 0.4) is 0 Å². The number of non-ortho nitro benzene ring substituents is 1. The number of anilines is 1. The summed E-state index contributed by atoms with van der Waals surface area (Å²) in [5, 5.41) is 14.7. The first-order valence-corrected chi connectivity index (χ1v) is 8.86. The molecule has 1 aliphatic carbocycles. The van der Waals surface area contributed by atoms with E-state index in [0.717, 1.165) is 12.0 Å². The molecule has 1 heterocycles. The fraction of sp³-hybridized carbons (Fsp3) is 0.333. The highest BCUT2D eigenvalue weighted by Crippen LogP contribution is 2.51. The number of benzene rings is 2. The van der Waals surface area contributed by atoms with Gasteiger partial charge in [0.15, 0.2) is 0 Å². The Morgan fingerprint density at radius 2 is 1.92 bits per heavy atom. The van der Waals surface area contributed by atoms with Crippen molar-refractivity contribution < 1.29 is 4.92 Å². The normalized spacial score (nSPS) is 23.9. The summed E-state index contributed by atoms with van der Waals surface area (Å²) in [6.07, 6.45) is 5.63. The van der Waals surface area contributed by atoms with Crippen LogP contribution in [-0.4, -0.2) is 4.92 Å². The van der Waals surface area contributed by atoms with Crippen LogP contribution in [0.25, 0.3) is 0 Å². The van der Waals surface area contributed by atoms with Crippen molar-refractivity contribution in [3.05, 3.63) is 81.4 Å². The molecule has 0 saturated heterocycles. The summed E-state index contributed by atoms with van der Waals surface area (Å²) in [6.45, 7) is 4.43. The second-order valence-electron chi connectivity index (χ2n) is 7.29. The molecular formula is C21H22N2O2. The van der Waals surface area contributed by atoms with E-state index in [9.17, 15) is 10.1 Å². The first-order chi connectivity index (χ1) is 12.1. The third-order valence-electron chi connectivity index (χ3n) is 5.51. The Morgan fingerprint density at radius 3 is 2.60 bits per heavy atom. The van der Waals surface area contributed by atoms with Crippen LogP contribution in [-0.2, 0) is 0 Å². The molecule has 1 aliphatic heterocycles. The number of rotatable bonds is 3. The molecule has 4 rings (SSSR count). The second-order valence-corrected chi connectivity index (χ2v) is 7.29. The van der Waals surface area contributed by atoms with E-state index in [0.29, 0.717) is 17.8 Å². The molecule has 2 aromatic rings. The standard InChI is InChI=1S/C21H22N2O2/c1-13(2)16-5-3-8-19-17-6-4-7-18(17)20(22-21(16)19)14-9-11-15(12-10-14)23(24)25/h3-6,8-13,17-18,20,22H,7H2,1-2H3/t17-,18+,20-/m1/s1. The van der Waals surface area contributed by atoms with Crippen molar-refractivity contribution in [2.75, 3.05) is 5.32 Å². The van der Waals surface area contributed by atoms with Gasteiger partial charge in [0.05, 0.1) is 11.0 Å². The molecule has 4 nitrogen and oxygen atoms in total. The van der Waals surface area contributed by atoms with Gasteiger partial charge in [0.25, 0.3) is 5.69 Å². The second kappa shape index (κ2) is 6.03. The largest absolute Gasteiger partial charge is 0.377 e. The van der Waals surface area contributed by atoms with Gasteiger partial charge in [0.1, 0.15) is 0 Å². The molecule has 25 heavy (non-hydrogen) atoms. The lowest BCUT2D eigenvalue weighted by molar-refractivity contribution is -0.384. The van der Waals surface area contributed by atoms with Crippen LogP contribution in [0.2, 0.25) is 0 Å². The van der Waals surface area contributed by atoms with Crippen LogP contribution in [0.1, 0.15) is 54.8 Å². The molecule has 0 aromatic heterocycles. The van der Waals surface area contributed by atoms with Crippen molar-refractivity contribution in [2.45, 2.75) is 38.1 Å². The van der Waals surface area contributed by atoms with Crippen molar-refractivity contribution in [3.8, 4) is 0 Å². The van der Waals surface area contributed by atoms with Crippen LogP contribution in [0.15, 0.2) is 54.6 Å². The van der Waals surface area contributed by atoms with Crippen molar-refractivity contribution in [3.63, 3.8) is 0 Å². The van der Waals surface area contributed by atoms with Crippen LogP contribution in [0.4, 0.5) is 11.4 Å². The molecule has 0 saturated carbocycles. The predicted molar refractivity (Wildman–Crippen MR) is 100.0 cm³/mol. The summed E-state index contributed by atoms with van der Waals surface area (Å²) in [4.78, 5) is 10.6. The Balaban J connectivity index is 1.77. The zero-order chi connectivity index (χ0) is 17.6. The molecule has 0 fully saturated rings. The maximum absolute atomic E-state index is 10.9. The van der Waals surface area contributed by atoms with Crippen LogP contribution >= 0.6 is 0 Å². The Bertz CT molecular complexity index is 839. The number of nitrogens with zero attached hydrogens (tertiary/aromatic N) is 1. The van der Waals surface area contributed by atoms with Crippen molar-refractivity contribution in [1.29, 1.82) is 0 Å². The minimum absolute atomic E-state index is 0.143. The van der Waals surface area contributed by atoms with Gasteiger partial charge in [-0.15, -0.1) is 0 Å². The summed E-state index contributed by atoms with van der Waals surface area (Å²) in [5.74, 6) is 1.31. The number of para-hydroxylation sites is 1. The Labute approximate surface area is 147 Å². The van der Waals surface area contributed by atoms with Crippen molar-refractivity contribution >= 4 is 11.4 Å². The zero-order valence-corrected chi connectivity index (χ0v) is 14.5. The van der Waals surface area contributed by atoms with Gasteiger partial charge in [-0.2, -0.15) is 0 Å². The summed E-state index contributed by atoms with van der Waals surface area (Å²) in [5.41, 5.74) is 5.22. The van der Waals surface area contributed by atoms with E-state index < -0.39 is 0 Å². The Hall–Kier alpha value is -2.62. The maximum Gasteiger partial charge on any atom is 0.269 e. The van der Waals surface area contributed by atoms with E-state index >= 15 is 0 Å². The van der Waals surface area contributed by atoms with Gasteiger partial charge < -0.3 is 5.32 Å². The zero-order valence-electron chi connectivity index (χ0n) is 14.5. The smallest absolute Gasteiger partial charge is 0.269 e. The first-order valence-electron chi connectivity index (χ1n) is 8.86. The highest BCUT2D eigenvalue weighted by Gasteiger charge is 2.38. The summed E-state index contributed by atoms with van der Waals surface area (Å²) in [6, 6.07) is 13.8. The lowest BCUT2D eigenvalue weighted by Gasteiger charge is -2.39. The third kappa shape index (κ3) is 2.62. The van der Waals surface area contributed by atoms with Gasteiger partial charge in [-0.25, -0.2) is 0 Å². The maximum atomic E-state index is 10.9. The molecule has 0 radical (unpaired) electrons. The number of hydrogen-bond donors (Lipinski definition) is 1. The highest BCUT2D eigenvalue weighted by atomic mass is 16.6. The average Bonchev–Trinajstić information content (AvgIpc) is 3.10. The molecule has 2 aliphatic rings. The molecular weight excluding hydrogens is 312 g/mol. The fourth-order valence-electron chi connectivity index (χ4n) is 4.26. The predicted octanol–water partition coefficient (Wildman–Crippen LogP) is 5.54. The van der Waals surface area contributed by atoms with E-state index in [-0.39, 0.29) is 16.7 Å². The van der Waals surface area contributed by atoms with Gasteiger partial charge in [-0.1, -0.05) is 56.3 Å². The van der Waals surface area contributed by atoms with Gasteiger partial charge in [0.2, 0.25) is 0 Å².